The van der Waals surface area contributed by atoms with E-state index in [1.54, 1.807) is 0 Å². The van der Waals surface area contributed by atoms with Gasteiger partial charge in [0.1, 0.15) is 0 Å². The predicted molar refractivity (Wildman–Crippen MR) is 51.0 cm³/mol. The summed E-state index contributed by atoms with van der Waals surface area (Å²) in [4.78, 5) is 8.33. The largest absolute Gasteiger partial charge is 0.262 e. The van der Waals surface area contributed by atoms with Crippen LogP contribution in [0.15, 0.2) is 31.3 Å². The van der Waals surface area contributed by atoms with Crippen LogP contribution in [0.4, 0.5) is 0 Å². The molecule has 0 bridgehead atoms. The van der Waals surface area contributed by atoms with Crippen molar-refractivity contribution in [2.75, 3.05) is 0 Å². The van der Waals surface area contributed by atoms with Crippen molar-refractivity contribution in [3.05, 3.63) is 21.3 Å². The lowest BCUT2D eigenvalue weighted by atomic mass is 10.2. The molecule has 0 saturated heterocycles. The first-order chi connectivity index (χ1) is 4.86. The molecule has 2 rings (SSSR count). The fourth-order valence-electron chi connectivity index (χ4n) is 0.968. The van der Waals surface area contributed by atoms with Crippen LogP contribution in [0.1, 0.15) is 0 Å². The highest BCUT2D eigenvalue weighted by Crippen LogP contribution is 2.21. The first-order valence-corrected chi connectivity index (χ1v) is 4.08. The second-order valence-electron chi connectivity index (χ2n) is 2.15. The minimum absolute atomic E-state index is 0.0681. The molecule has 0 saturated carbocycles. The zero-order chi connectivity index (χ0) is 6.97. The molecular weight excluding hydrogens is 239 g/mol. The molecule has 0 unspecified atom stereocenters. The van der Waals surface area contributed by atoms with Crippen LogP contribution in [-0.2, 0) is 0 Å². The Labute approximate surface area is 72.6 Å². The Morgan fingerprint density at radius 2 is 2.30 bits per heavy atom. The number of fused-ring (bicyclic) bond motifs is 1. The predicted octanol–water partition coefficient (Wildman–Crippen LogP) is 1.73. The molecule has 0 radical (unpaired) electrons. The van der Waals surface area contributed by atoms with Crippen molar-refractivity contribution in [1.29, 1.82) is 0 Å². The van der Waals surface area contributed by atoms with Gasteiger partial charge in [0.15, 0.2) is 6.17 Å². The topological polar surface area (TPSA) is 24.7 Å². The van der Waals surface area contributed by atoms with Crippen LogP contribution in [0.25, 0.3) is 0 Å². The summed E-state index contributed by atoms with van der Waals surface area (Å²) in [6.07, 6.45) is 7.83. The fraction of sp³-hybridized carbons (Fsp3) is 0.143. The first-order valence-electron chi connectivity index (χ1n) is 3.00. The molecule has 10 heavy (non-hydrogen) atoms. The standard InChI is InChI=1S/C7H5IN2/c8-6-3-5-1-2-9-7(5)10-4-6/h1-4,7H/t7-/m1/s1. The number of halogens is 1. The summed E-state index contributed by atoms with van der Waals surface area (Å²) in [5.74, 6) is 0. The summed E-state index contributed by atoms with van der Waals surface area (Å²) in [7, 11) is 0. The van der Waals surface area contributed by atoms with Gasteiger partial charge in [-0.25, -0.2) is 0 Å². The summed E-state index contributed by atoms with van der Waals surface area (Å²) in [5.41, 5.74) is 1.20. The molecule has 3 heteroatoms. The molecule has 2 nitrogen and oxygen atoms in total. The van der Waals surface area contributed by atoms with E-state index in [9.17, 15) is 0 Å². The Kier molecular flexibility index (Phi) is 1.44. The number of nitrogens with zero attached hydrogens (tertiary/aromatic N) is 2. The average Bonchev–Trinajstić information content (AvgIpc) is 2.33. The third-order valence-corrected chi connectivity index (χ3v) is 2.03. The summed E-state index contributed by atoms with van der Waals surface area (Å²) in [6, 6.07) is 0. The smallest absolute Gasteiger partial charge is 0.165 e. The van der Waals surface area contributed by atoms with Crippen molar-refractivity contribution in [2.45, 2.75) is 6.17 Å². The van der Waals surface area contributed by atoms with Gasteiger partial charge in [-0.15, -0.1) is 0 Å². The van der Waals surface area contributed by atoms with Gasteiger partial charge in [0.05, 0.1) is 0 Å². The second-order valence-corrected chi connectivity index (χ2v) is 3.39. The van der Waals surface area contributed by atoms with Crippen LogP contribution in [0, 0.1) is 0 Å². The number of hydrogen-bond acceptors (Lipinski definition) is 2. The third kappa shape index (κ3) is 0.941. The molecule has 0 aromatic heterocycles. The van der Waals surface area contributed by atoms with Crippen LogP contribution in [0.5, 0.6) is 0 Å². The number of allylic oxidation sites excluding steroid dienone is 2. The van der Waals surface area contributed by atoms with E-state index in [1.807, 2.05) is 18.5 Å². The maximum atomic E-state index is 4.21. The Morgan fingerprint density at radius 3 is 3.20 bits per heavy atom. The minimum Gasteiger partial charge on any atom is -0.262 e. The first kappa shape index (κ1) is 6.27. The molecule has 0 aromatic rings. The van der Waals surface area contributed by atoms with Gasteiger partial charge in [-0.3, -0.25) is 9.98 Å². The molecule has 2 aliphatic heterocycles. The van der Waals surface area contributed by atoms with Crippen LogP contribution < -0.4 is 0 Å². The molecule has 0 spiro atoms. The van der Waals surface area contributed by atoms with Crippen molar-refractivity contribution in [1.82, 2.24) is 0 Å². The molecule has 0 aliphatic carbocycles. The van der Waals surface area contributed by atoms with Gasteiger partial charge in [0.25, 0.3) is 0 Å². The lowest BCUT2D eigenvalue weighted by Crippen LogP contribution is -2.04. The zero-order valence-corrected chi connectivity index (χ0v) is 7.32. The zero-order valence-electron chi connectivity index (χ0n) is 5.16. The van der Waals surface area contributed by atoms with Crippen LogP contribution in [0.2, 0.25) is 0 Å². The lowest BCUT2D eigenvalue weighted by Gasteiger charge is -2.07. The maximum absolute atomic E-state index is 4.21. The fourth-order valence-corrected chi connectivity index (χ4v) is 1.49. The van der Waals surface area contributed by atoms with Gasteiger partial charge in [0.2, 0.25) is 0 Å². The quantitative estimate of drug-likeness (QED) is 0.580. The number of aliphatic imine (C=N–C) groups is 2. The Balaban J connectivity index is 2.39. The van der Waals surface area contributed by atoms with E-state index in [4.69, 9.17) is 0 Å². The van der Waals surface area contributed by atoms with Crippen molar-refractivity contribution in [2.24, 2.45) is 9.98 Å². The van der Waals surface area contributed by atoms with Gasteiger partial charge in [-0.05, 0) is 34.7 Å². The van der Waals surface area contributed by atoms with Gasteiger partial charge in [0, 0.05) is 21.6 Å². The maximum Gasteiger partial charge on any atom is 0.165 e. The molecule has 1 atom stereocenters. The van der Waals surface area contributed by atoms with E-state index in [2.05, 4.69) is 38.7 Å². The normalized spacial score (nSPS) is 27.9. The number of rotatable bonds is 0. The third-order valence-electron chi connectivity index (χ3n) is 1.44. The molecule has 0 fully saturated rings. The van der Waals surface area contributed by atoms with Crippen LogP contribution >= 0.6 is 22.6 Å². The van der Waals surface area contributed by atoms with Gasteiger partial charge < -0.3 is 0 Å². The Morgan fingerprint density at radius 1 is 1.40 bits per heavy atom. The molecule has 0 N–H and O–H groups in total. The lowest BCUT2D eigenvalue weighted by molar-refractivity contribution is 0.863. The minimum atomic E-state index is 0.0681. The summed E-state index contributed by atoms with van der Waals surface area (Å²) in [6.45, 7) is 0. The van der Waals surface area contributed by atoms with Crippen molar-refractivity contribution in [3.63, 3.8) is 0 Å². The van der Waals surface area contributed by atoms with Crippen LogP contribution in [0.3, 0.4) is 0 Å². The molecule has 0 amide bonds. The van der Waals surface area contributed by atoms with E-state index in [0.717, 1.165) is 0 Å². The van der Waals surface area contributed by atoms with Crippen LogP contribution in [-0.4, -0.2) is 18.6 Å². The van der Waals surface area contributed by atoms with Gasteiger partial charge in [-0.2, -0.15) is 0 Å². The van der Waals surface area contributed by atoms with E-state index in [0.29, 0.717) is 0 Å². The molecular formula is C7H5IN2. The van der Waals surface area contributed by atoms with Crippen molar-refractivity contribution < 1.29 is 0 Å². The highest BCUT2D eigenvalue weighted by molar-refractivity contribution is 14.1. The number of hydrogen-bond donors (Lipinski definition) is 0. The highest BCUT2D eigenvalue weighted by atomic mass is 127. The average molecular weight is 244 g/mol. The monoisotopic (exact) mass is 244 g/mol. The second kappa shape index (κ2) is 2.30. The van der Waals surface area contributed by atoms with Crippen molar-refractivity contribution in [3.8, 4) is 0 Å². The van der Waals surface area contributed by atoms with Gasteiger partial charge in [-0.1, -0.05) is 0 Å². The Bertz CT molecular complexity index is 273. The molecule has 0 aromatic carbocycles. The van der Waals surface area contributed by atoms with E-state index in [-0.39, 0.29) is 6.17 Å². The summed E-state index contributed by atoms with van der Waals surface area (Å²) in [5, 5.41) is 0. The molecule has 2 aliphatic rings. The van der Waals surface area contributed by atoms with E-state index in [1.165, 1.54) is 9.15 Å². The van der Waals surface area contributed by atoms with Gasteiger partial charge >= 0.3 is 0 Å². The number of dihydropyridines is 1. The SMILES string of the molecule is IC1=CC2=CC=N[C@@H]2N=C1. The summed E-state index contributed by atoms with van der Waals surface area (Å²) >= 11 is 2.25. The summed E-state index contributed by atoms with van der Waals surface area (Å²) < 4.78 is 1.17. The van der Waals surface area contributed by atoms with Crippen molar-refractivity contribution >= 4 is 35.0 Å². The Hall–Kier alpha value is -0.450. The molecule has 50 valence electrons. The van der Waals surface area contributed by atoms with E-state index < -0.39 is 0 Å². The highest BCUT2D eigenvalue weighted by Gasteiger charge is 2.14. The molecule has 2 heterocycles. The van der Waals surface area contributed by atoms with E-state index >= 15 is 0 Å².